The fourth-order valence-corrected chi connectivity index (χ4v) is 1.97. The lowest BCUT2D eigenvalue weighted by molar-refractivity contribution is 0.0951. The van der Waals surface area contributed by atoms with Gasteiger partial charge in [-0.05, 0) is 29.8 Å². The van der Waals surface area contributed by atoms with Crippen LogP contribution in [0.5, 0.6) is 5.75 Å². The van der Waals surface area contributed by atoms with Crippen LogP contribution in [0.25, 0.3) is 0 Å². The van der Waals surface area contributed by atoms with Gasteiger partial charge in [0.05, 0.1) is 7.11 Å². The van der Waals surface area contributed by atoms with Crippen LogP contribution in [0.2, 0.25) is 0 Å². The Balaban J connectivity index is 2.00. The van der Waals surface area contributed by atoms with Crippen LogP contribution >= 0.6 is 12.2 Å². The van der Waals surface area contributed by atoms with Gasteiger partial charge < -0.3 is 15.8 Å². The van der Waals surface area contributed by atoms with Crippen LogP contribution in [0, 0.1) is 0 Å². The Hall–Kier alpha value is -2.40. The lowest BCUT2D eigenvalue weighted by Gasteiger charge is -2.07. The number of hydrogen-bond acceptors (Lipinski definition) is 3. The van der Waals surface area contributed by atoms with Gasteiger partial charge in [0.2, 0.25) is 0 Å². The summed E-state index contributed by atoms with van der Waals surface area (Å²) in [5.41, 5.74) is 7.78. The van der Waals surface area contributed by atoms with Crippen LogP contribution in [0.3, 0.4) is 0 Å². The molecule has 108 valence electrons. The maximum atomic E-state index is 12.1. The SMILES string of the molecule is COc1ccc(CNC(=O)c2cccc(C(N)=S)c2)cc1. The Labute approximate surface area is 128 Å². The molecule has 0 aliphatic carbocycles. The predicted octanol–water partition coefficient (Wildman–Crippen LogP) is 2.26. The van der Waals surface area contributed by atoms with Crippen molar-refractivity contribution in [1.29, 1.82) is 0 Å². The second-order valence-corrected chi connectivity index (χ2v) is 4.92. The van der Waals surface area contributed by atoms with Crippen LogP contribution in [0.15, 0.2) is 48.5 Å². The first kappa shape index (κ1) is 15.0. The molecule has 0 saturated carbocycles. The Bertz CT molecular complexity index is 654. The number of nitrogens with one attached hydrogen (secondary N) is 1. The summed E-state index contributed by atoms with van der Waals surface area (Å²) in [6.45, 7) is 0.445. The summed E-state index contributed by atoms with van der Waals surface area (Å²) in [6.07, 6.45) is 0. The van der Waals surface area contributed by atoms with Gasteiger partial charge in [0.1, 0.15) is 10.7 Å². The molecule has 0 radical (unpaired) electrons. The smallest absolute Gasteiger partial charge is 0.251 e. The number of carbonyl (C=O) groups is 1. The second kappa shape index (κ2) is 6.85. The van der Waals surface area contributed by atoms with E-state index in [9.17, 15) is 4.79 Å². The molecule has 0 atom stereocenters. The fourth-order valence-electron chi connectivity index (χ4n) is 1.84. The van der Waals surface area contributed by atoms with Crippen molar-refractivity contribution in [3.8, 4) is 5.75 Å². The molecule has 3 N–H and O–H groups in total. The molecule has 0 aliphatic rings. The number of methoxy groups -OCH3 is 1. The molecule has 5 heteroatoms. The van der Waals surface area contributed by atoms with Gasteiger partial charge in [-0.1, -0.05) is 36.5 Å². The summed E-state index contributed by atoms with van der Waals surface area (Å²) in [5, 5.41) is 2.86. The van der Waals surface area contributed by atoms with Gasteiger partial charge in [0.25, 0.3) is 5.91 Å². The standard InChI is InChI=1S/C16H16N2O2S/c1-20-14-7-5-11(6-8-14)10-18-16(19)13-4-2-3-12(9-13)15(17)21/h2-9H,10H2,1H3,(H2,17,21)(H,18,19). The van der Waals surface area contributed by atoms with E-state index in [-0.39, 0.29) is 10.9 Å². The van der Waals surface area contributed by atoms with Crippen LogP contribution in [-0.4, -0.2) is 18.0 Å². The van der Waals surface area contributed by atoms with E-state index >= 15 is 0 Å². The van der Waals surface area contributed by atoms with Crippen molar-refractivity contribution in [1.82, 2.24) is 5.32 Å². The highest BCUT2D eigenvalue weighted by molar-refractivity contribution is 7.80. The third-order valence-electron chi connectivity index (χ3n) is 3.02. The molecular weight excluding hydrogens is 284 g/mol. The molecule has 1 amide bonds. The monoisotopic (exact) mass is 300 g/mol. The molecule has 0 heterocycles. The van der Waals surface area contributed by atoms with Gasteiger partial charge in [0, 0.05) is 17.7 Å². The molecule has 0 aromatic heterocycles. The highest BCUT2D eigenvalue weighted by atomic mass is 32.1. The van der Waals surface area contributed by atoms with E-state index in [0.29, 0.717) is 17.7 Å². The summed E-state index contributed by atoms with van der Waals surface area (Å²) in [6, 6.07) is 14.5. The lowest BCUT2D eigenvalue weighted by Crippen LogP contribution is -2.23. The molecule has 0 bridgehead atoms. The van der Waals surface area contributed by atoms with E-state index in [2.05, 4.69) is 5.32 Å². The molecule has 2 rings (SSSR count). The van der Waals surface area contributed by atoms with Crippen molar-refractivity contribution in [3.05, 3.63) is 65.2 Å². The predicted molar refractivity (Wildman–Crippen MR) is 86.5 cm³/mol. The van der Waals surface area contributed by atoms with Crippen LogP contribution in [0.4, 0.5) is 0 Å². The van der Waals surface area contributed by atoms with Gasteiger partial charge in [-0.15, -0.1) is 0 Å². The minimum Gasteiger partial charge on any atom is -0.497 e. The van der Waals surface area contributed by atoms with Crippen molar-refractivity contribution in [2.45, 2.75) is 6.54 Å². The molecule has 4 nitrogen and oxygen atoms in total. The van der Waals surface area contributed by atoms with Crippen LogP contribution in [-0.2, 0) is 6.54 Å². The summed E-state index contributed by atoms with van der Waals surface area (Å²) >= 11 is 4.91. The Kier molecular flexibility index (Phi) is 4.90. The van der Waals surface area contributed by atoms with Crippen molar-refractivity contribution in [2.24, 2.45) is 5.73 Å². The number of ether oxygens (including phenoxy) is 1. The fraction of sp³-hybridized carbons (Fsp3) is 0.125. The van der Waals surface area contributed by atoms with E-state index in [1.165, 1.54) is 0 Å². The molecule has 0 saturated heterocycles. The summed E-state index contributed by atoms with van der Waals surface area (Å²) in [5.74, 6) is 0.623. The van der Waals surface area contributed by atoms with Gasteiger partial charge in [-0.3, -0.25) is 4.79 Å². The largest absolute Gasteiger partial charge is 0.497 e. The zero-order chi connectivity index (χ0) is 15.2. The maximum Gasteiger partial charge on any atom is 0.251 e. The number of benzene rings is 2. The zero-order valence-electron chi connectivity index (χ0n) is 11.6. The number of amides is 1. The van der Waals surface area contributed by atoms with Crippen LogP contribution < -0.4 is 15.8 Å². The molecule has 2 aromatic rings. The van der Waals surface area contributed by atoms with Crippen molar-refractivity contribution in [2.75, 3.05) is 7.11 Å². The Morgan fingerprint density at radius 3 is 2.48 bits per heavy atom. The third-order valence-corrected chi connectivity index (χ3v) is 3.26. The normalized spacial score (nSPS) is 9.95. The van der Waals surface area contributed by atoms with E-state index in [1.807, 2.05) is 24.3 Å². The Morgan fingerprint density at radius 2 is 1.86 bits per heavy atom. The number of rotatable bonds is 5. The molecule has 21 heavy (non-hydrogen) atoms. The molecule has 0 unspecified atom stereocenters. The first-order valence-electron chi connectivity index (χ1n) is 6.41. The van der Waals surface area contributed by atoms with E-state index in [0.717, 1.165) is 11.3 Å². The van der Waals surface area contributed by atoms with E-state index < -0.39 is 0 Å². The summed E-state index contributed by atoms with van der Waals surface area (Å²) in [7, 11) is 1.62. The highest BCUT2D eigenvalue weighted by Crippen LogP contribution is 2.11. The minimum atomic E-state index is -0.163. The molecule has 0 fully saturated rings. The second-order valence-electron chi connectivity index (χ2n) is 4.48. The molecule has 0 spiro atoms. The van der Waals surface area contributed by atoms with Crippen molar-refractivity contribution < 1.29 is 9.53 Å². The van der Waals surface area contributed by atoms with Gasteiger partial charge in [0.15, 0.2) is 0 Å². The highest BCUT2D eigenvalue weighted by Gasteiger charge is 2.07. The lowest BCUT2D eigenvalue weighted by atomic mass is 10.1. The Morgan fingerprint density at radius 1 is 1.19 bits per heavy atom. The maximum absolute atomic E-state index is 12.1. The summed E-state index contributed by atoms with van der Waals surface area (Å²) in [4.78, 5) is 12.4. The average molecular weight is 300 g/mol. The first-order valence-corrected chi connectivity index (χ1v) is 6.82. The van der Waals surface area contributed by atoms with Crippen molar-refractivity contribution in [3.63, 3.8) is 0 Å². The first-order chi connectivity index (χ1) is 10.1. The van der Waals surface area contributed by atoms with E-state index in [1.54, 1.807) is 31.4 Å². The molecule has 0 aliphatic heterocycles. The number of carbonyl (C=O) groups excluding carboxylic acids is 1. The van der Waals surface area contributed by atoms with E-state index in [4.69, 9.17) is 22.7 Å². The number of nitrogens with two attached hydrogens (primary N) is 1. The van der Waals surface area contributed by atoms with Gasteiger partial charge in [-0.25, -0.2) is 0 Å². The number of thiocarbonyl (C=S) groups is 1. The summed E-state index contributed by atoms with van der Waals surface area (Å²) < 4.78 is 5.09. The minimum absolute atomic E-state index is 0.163. The quantitative estimate of drug-likeness (QED) is 0.831. The number of hydrogen-bond donors (Lipinski definition) is 2. The zero-order valence-corrected chi connectivity index (χ0v) is 12.4. The van der Waals surface area contributed by atoms with Crippen LogP contribution in [0.1, 0.15) is 21.5 Å². The molecular formula is C16H16N2O2S. The molecule has 2 aromatic carbocycles. The van der Waals surface area contributed by atoms with Gasteiger partial charge >= 0.3 is 0 Å². The average Bonchev–Trinajstić information content (AvgIpc) is 2.53. The van der Waals surface area contributed by atoms with Gasteiger partial charge in [-0.2, -0.15) is 0 Å². The topological polar surface area (TPSA) is 64.3 Å². The third kappa shape index (κ3) is 4.03. The van der Waals surface area contributed by atoms with Crippen molar-refractivity contribution >= 4 is 23.1 Å².